The molecule has 0 atom stereocenters. The number of amides is 1. The Morgan fingerprint density at radius 2 is 1.84 bits per heavy atom. The molecule has 0 fully saturated rings. The minimum absolute atomic E-state index is 0.204. The van der Waals surface area contributed by atoms with Gasteiger partial charge < -0.3 is 19.7 Å². The maximum Gasteiger partial charge on any atom is 0.255 e. The Labute approximate surface area is 153 Å². The van der Waals surface area contributed by atoms with E-state index in [4.69, 9.17) is 21.1 Å². The maximum absolute atomic E-state index is 12.4. The monoisotopic (exact) mass is 362 g/mol. The average Bonchev–Trinajstić information content (AvgIpc) is 2.65. The molecule has 25 heavy (non-hydrogen) atoms. The van der Waals surface area contributed by atoms with Crippen molar-refractivity contribution in [2.75, 3.05) is 38.8 Å². The van der Waals surface area contributed by atoms with Gasteiger partial charge in [-0.15, -0.1) is 0 Å². The maximum atomic E-state index is 12.4. The van der Waals surface area contributed by atoms with Gasteiger partial charge in [-0.1, -0.05) is 11.6 Å². The molecule has 2 aromatic carbocycles. The van der Waals surface area contributed by atoms with Gasteiger partial charge in [0.1, 0.15) is 11.5 Å². The number of ether oxygens (including phenoxy) is 2. The van der Waals surface area contributed by atoms with Gasteiger partial charge >= 0.3 is 0 Å². The zero-order chi connectivity index (χ0) is 18.2. The highest BCUT2D eigenvalue weighted by Crippen LogP contribution is 2.22. The lowest BCUT2D eigenvalue weighted by atomic mass is 10.2. The van der Waals surface area contributed by atoms with Gasteiger partial charge in [0, 0.05) is 30.3 Å². The Balaban J connectivity index is 1.96. The standard InChI is InChI=1S/C19H23ClN2O3/c1-4-22(15-6-8-16(24-2)9-7-15)12-11-21-19(23)17-13-14(20)5-10-18(17)25-3/h5-10,13H,4,11-12H2,1-3H3,(H,21,23). The molecule has 1 N–H and O–H groups in total. The molecular formula is C19H23ClN2O3. The number of methoxy groups -OCH3 is 2. The van der Waals surface area contributed by atoms with E-state index in [1.807, 2.05) is 24.3 Å². The van der Waals surface area contributed by atoms with Gasteiger partial charge in [0.2, 0.25) is 0 Å². The van der Waals surface area contributed by atoms with Crippen LogP contribution >= 0.6 is 11.6 Å². The summed E-state index contributed by atoms with van der Waals surface area (Å²) in [6, 6.07) is 12.8. The van der Waals surface area contributed by atoms with E-state index < -0.39 is 0 Å². The summed E-state index contributed by atoms with van der Waals surface area (Å²) in [6.45, 7) is 4.11. The predicted octanol–water partition coefficient (Wildman–Crippen LogP) is 3.61. The van der Waals surface area contributed by atoms with Crippen LogP contribution in [-0.4, -0.2) is 39.8 Å². The van der Waals surface area contributed by atoms with Crippen LogP contribution in [0.2, 0.25) is 5.02 Å². The summed E-state index contributed by atoms with van der Waals surface area (Å²) in [4.78, 5) is 14.6. The number of anilines is 1. The molecule has 0 aromatic heterocycles. The van der Waals surface area contributed by atoms with Crippen molar-refractivity contribution in [3.8, 4) is 11.5 Å². The summed E-state index contributed by atoms with van der Waals surface area (Å²) in [5.74, 6) is 1.12. The van der Waals surface area contributed by atoms with Gasteiger partial charge in [-0.3, -0.25) is 4.79 Å². The number of hydrogen-bond acceptors (Lipinski definition) is 4. The van der Waals surface area contributed by atoms with E-state index >= 15 is 0 Å². The van der Waals surface area contributed by atoms with Crippen LogP contribution in [0.3, 0.4) is 0 Å². The Bertz CT molecular complexity index is 704. The number of hydrogen-bond donors (Lipinski definition) is 1. The minimum atomic E-state index is -0.204. The molecule has 2 rings (SSSR count). The molecule has 2 aromatic rings. The summed E-state index contributed by atoms with van der Waals surface area (Å²) in [5.41, 5.74) is 1.51. The minimum Gasteiger partial charge on any atom is -0.497 e. The van der Waals surface area contributed by atoms with Gasteiger partial charge in [-0.05, 0) is 49.4 Å². The second kappa shape index (κ2) is 9.18. The number of benzene rings is 2. The smallest absolute Gasteiger partial charge is 0.255 e. The molecule has 134 valence electrons. The molecule has 0 saturated carbocycles. The highest BCUT2D eigenvalue weighted by Gasteiger charge is 2.13. The molecule has 1 amide bonds. The number of carbonyl (C=O) groups excluding carboxylic acids is 1. The molecule has 0 heterocycles. The van der Waals surface area contributed by atoms with Gasteiger partial charge in [-0.2, -0.15) is 0 Å². The molecule has 0 aliphatic carbocycles. The first-order valence-corrected chi connectivity index (χ1v) is 8.47. The molecule has 0 saturated heterocycles. The van der Waals surface area contributed by atoms with Crippen LogP contribution in [0.25, 0.3) is 0 Å². The predicted molar refractivity (Wildman–Crippen MR) is 101 cm³/mol. The normalized spacial score (nSPS) is 10.2. The van der Waals surface area contributed by atoms with Crippen LogP contribution in [0.1, 0.15) is 17.3 Å². The molecule has 0 aliphatic rings. The van der Waals surface area contributed by atoms with Crippen LogP contribution in [0.4, 0.5) is 5.69 Å². The Morgan fingerprint density at radius 1 is 1.12 bits per heavy atom. The fourth-order valence-corrected chi connectivity index (χ4v) is 2.69. The van der Waals surface area contributed by atoms with Crippen molar-refractivity contribution in [1.82, 2.24) is 5.32 Å². The van der Waals surface area contributed by atoms with Crippen molar-refractivity contribution in [2.24, 2.45) is 0 Å². The summed E-state index contributed by atoms with van der Waals surface area (Å²) >= 11 is 5.98. The zero-order valence-electron chi connectivity index (χ0n) is 14.7. The van der Waals surface area contributed by atoms with E-state index in [0.717, 1.165) is 18.0 Å². The second-order valence-corrected chi connectivity index (χ2v) is 5.81. The highest BCUT2D eigenvalue weighted by molar-refractivity contribution is 6.31. The first-order chi connectivity index (χ1) is 12.1. The topological polar surface area (TPSA) is 50.8 Å². The summed E-state index contributed by atoms with van der Waals surface area (Å²) in [6.07, 6.45) is 0. The summed E-state index contributed by atoms with van der Waals surface area (Å²) in [7, 11) is 3.18. The number of nitrogens with zero attached hydrogens (tertiary/aromatic N) is 1. The van der Waals surface area contributed by atoms with E-state index in [-0.39, 0.29) is 5.91 Å². The Kier molecular flexibility index (Phi) is 6.95. The lowest BCUT2D eigenvalue weighted by molar-refractivity contribution is 0.0951. The van der Waals surface area contributed by atoms with Gasteiger partial charge in [-0.25, -0.2) is 0 Å². The van der Waals surface area contributed by atoms with E-state index in [2.05, 4.69) is 17.1 Å². The van der Waals surface area contributed by atoms with E-state index in [1.54, 1.807) is 25.3 Å². The van der Waals surface area contributed by atoms with Crippen molar-refractivity contribution < 1.29 is 14.3 Å². The van der Waals surface area contributed by atoms with Crippen molar-refractivity contribution in [2.45, 2.75) is 6.92 Å². The molecule has 5 nitrogen and oxygen atoms in total. The molecule has 0 unspecified atom stereocenters. The summed E-state index contributed by atoms with van der Waals surface area (Å²) < 4.78 is 10.4. The summed E-state index contributed by atoms with van der Waals surface area (Å²) in [5, 5.41) is 3.41. The Morgan fingerprint density at radius 3 is 2.44 bits per heavy atom. The fourth-order valence-electron chi connectivity index (χ4n) is 2.52. The molecule has 0 radical (unpaired) electrons. The first-order valence-electron chi connectivity index (χ1n) is 8.09. The largest absolute Gasteiger partial charge is 0.497 e. The number of carbonyl (C=O) groups is 1. The molecular weight excluding hydrogens is 340 g/mol. The third-order valence-corrected chi connectivity index (χ3v) is 4.13. The van der Waals surface area contributed by atoms with Crippen LogP contribution < -0.4 is 19.7 Å². The zero-order valence-corrected chi connectivity index (χ0v) is 15.5. The highest BCUT2D eigenvalue weighted by atomic mass is 35.5. The molecule has 0 aliphatic heterocycles. The van der Waals surface area contributed by atoms with Crippen LogP contribution in [0, 0.1) is 0 Å². The number of rotatable bonds is 8. The van der Waals surface area contributed by atoms with Crippen molar-refractivity contribution in [3.05, 3.63) is 53.1 Å². The number of nitrogens with one attached hydrogen (secondary N) is 1. The lowest BCUT2D eigenvalue weighted by Gasteiger charge is -2.23. The molecule has 0 spiro atoms. The Hall–Kier alpha value is -2.40. The second-order valence-electron chi connectivity index (χ2n) is 5.38. The first kappa shape index (κ1) is 18.9. The van der Waals surface area contributed by atoms with E-state index in [1.165, 1.54) is 7.11 Å². The molecule has 6 heteroatoms. The lowest BCUT2D eigenvalue weighted by Crippen LogP contribution is -2.35. The third-order valence-electron chi connectivity index (χ3n) is 3.89. The fraction of sp³-hybridized carbons (Fsp3) is 0.316. The quantitative estimate of drug-likeness (QED) is 0.779. The number of likely N-dealkylation sites (N-methyl/N-ethyl adjacent to an activating group) is 1. The SMILES string of the molecule is CCN(CCNC(=O)c1cc(Cl)ccc1OC)c1ccc(OC)cc1. The van der Waals surface area contributed by atoms with Crippen molar-refractivity contribution in [1.29, 1.82) is 0 Å². The van der Waals surface area contributed by atoms with E-state index in [0.29, 0.717) is 29.4 Å². The van der Waals surface area contributed by atoms with Gasteiger partial charge in [0.15, 0.2) is 0 Å². The van der Waals surface area contributed by atoms with Crippen molar-refractivity contribution in [3.63, 3.8) is 0 Å². The van der Waals surface area contributed by atoms with Gasteiger partial charge in [0.05, 0.1) is 19.8 Å². The number of halogens is 1. The van der Waals surface area contributed by atoms with Crippen LogP contribution in [0.5, 0.6) is 11.5 Å². The van der Waals surface area contributed by atoms with Crippen LogP contribution in [-0.2, 0) is 0 Å². The average molecular weight is 363 g/mol. The van der Waals surface area contributed by atoms with Gasteiger partial charge in [0.25, 0.3) is 5.91 Å². The molecule has 0 bridgehead atoms. The van der Waals surface area contributed by atoms with Crippen LogP contribution in [0.15, 0.2) is 42.5 Å². The van der Waals surface area contributed by atoms with E-state index in [9.17, 15) is 4.79 Å². The third kappa shape index (κ3) is 5.03. The van der Waals surface area contributed by atoms with Crippen molar-refractivity contribution >= 4 is 23.2 Å².